The van der Waals surface area contributed by atoms with Gasteiger partial charge in [0, 0.05) is 12.8 Å². The van der Waals surface area contributed by atoms with Crippen LogP contribution < -0.4 is 0 Å². The van der Waals surface area contributed by atoms with Crippen LogP contribution in [0.5, 0.6) is 0 Å². The lowest BCUT2D eigenvalue weighted by Gasteiger charge is -2.37. The Kier molecular flexibility index (Phi) is 7.65. The second-order valence-electron chi connectivity index (χ2n) is 9.70. The largest absolute Gasteiger partial charge is 0.543 e. The fourth-order valence-electron chi connectivity index (χ4n) is 1.79. The molecule has 0 fully saturated rings. The summed E-state index contributed by atoms with van der Waals surface area (Å²) in [6.07, 6.45) is -0.838. The first-order chi connectivity index (χ1) is 10.4. The molecule has 0 amide bonds. The molecular formula is C18H36F2O2Si2. The molecule has 0 radical (unpaired) electrons. The molecule has 0 atom stereocenters. The Hall–Kier alpha value is -0.496. The first-order valence-corrected chi connectivity index (χ1v) is 14.6. The Morgan fingerprint density at radius 2 is 1.33 bits per heavy atom. The minimum atomic E-state index is -2.29. The number of hydrogen-bond acceptors (Lipinski definition) is 2. The molecule has 142 valence electrons. The van der Waals surface area contributed by atoms with Crippen LogP contribution in [-0.4, -0.2) is 21.8 Å². The number of hydrogen-bond donors (Lipinski definition) is 0. The summed E-state index contributed by atoms with van der Waals surface area (Å²) in [7, 11) is -4.35. The lowest BCUT2D eigenvalue weighted by molar-refractivity contribution is -0.113. The molecule has 0 unspecified atom stereocenters. The van der Waals surface area contributed by atoms with Crippen LogP contribution >= 0.6 is 0 Å². The summed E-state index contributed by atoms with van der Waals surface area (Å²) in [6.45, 7) is 20.4. The Balaban J connectivity index is 4.89. The van der Waals surface area contributed by atoms with Crippen LogP contribution in [0.25, 0.3) is 0 Å². The lowest BCUT2D eigenvalue weighted by Crippen LogP contribution is -2.46. The maximum absolute atomic E-state index is 13.3. The van der Waals surface area contributed by atoms with Crippen LogP contribution in [0.4, 0.5) is 8.78 Å². The monoisotopic (exact) mass is 378 g/mol. The van der Waals surface area contributed by atoms with E-state index in [0.717, 1.165) is 0 Å². The van der Waals surface area contributed by atoms with Crippen LogP contribution in [0.2, 0.25) is 36.3 Å². The van der Waals surface area contributed by atoms with Gasteiger partial charge in [-0.2, -0.15) is 8.78 Å². The third kappa shape index (κ3) is 6.10. The van der Waals surface area contributed by atoms with E-state index in [1.165, 1.54) is 0 Å². The van der Waals surface area contributed by atoms with Crippen LogP contribution in [0.15, 0.2) is 11.8 Å². The summed E-state index contributed by atoms with van der Waals surface area (Å²) in [6, 6.07) is 0. The highest BCUT2D eigenvalue weighted by atomic mass is 28.4. The minimum absolute atomic E-state index is 0.0221. The zero-order valence-electron chi connectivity index (χ0n) is 17.2. The maximum Gasteiger partial charge on any atom is 0.306 e. The van der Waals surface area contributed by atoms with Gasteiger partial charge in [-0.15, -0.1) is 0 Å². The number of carbonyl (C=O) groups is 1. The lowest BCUT2D eigenvalue weighted by atomic mass is 10.2. The predicted molar refractivity (Wildman–Crippen MR) is 104 cm³/mol. The molecule has 0 aliphatic heterocycles. The predicted octanol–water partition coefficient (Wildman–Crippen LogP) is 6.90. The van der Waals surface area contributed by atoms with Crippen molar-refractivity contribution < 1.29 is 18.0 Å². The third-order valence-electron chi connectivity index (χ3n) is 5.78. The topological polar surface area (TPSA) is 26.3 Å². The van der Waals surface area contributed by atoms with Gasteiger partial charge in [-0.05, 0) is 29.6 Å². The highest BCUT2D eigenvalue weighted by Crippen LogP contribution is 2.40. The van der Waals surface area contributed by atoms with Crippen molar-refractivity contribution in [3.05, 3.63) is 11.8 Å². The first kappa shape index (κ1) is 23.5. The van der Waals surface area contributed by atoms with E-state index in [1.807, 2.05) is 33.9 Å². The van der Waals surface area contributed by atoms with E-state index in [1.54, 1.807) is 0 Å². The summed E-state index contributed by atoms with van der Waals surface area (Å²) in [5.41, 5.74) is 0. The van der Waals surface area contributed by atoms with Crippen molar-refractivity contribution in [3.63, 3.8) is 0 Å². The quantitative estimate of drug-likeness (QED) is 0.355. The fourth-order valence-corrected chi connectivity index (χ4v) is 4.53. The summed E-state index contributed by atoms with van der Waals surface area (Å²) in [4.78, 5) is 12.5. The van der Waals surface area contributed by atoms with E-state index >= 15 is 0 Å². The number of rotatable bonds is 7. The molecule has 0 bridgehead atoms. The molecule has 0 saturated heterocycles. The van der Waals surface area contributed by atoms with E-state index < -0.39 is 22.5 Å². The van der Waals surface area contributed by atoms with Gasteiger partial charge < -0.3 is 9.22 Å². The van der Waals surface area contributed by atoms with Crippen molar-refractivity contribution in [2.24, 2.45) is 0 Å². The van der Waals surface area contributed by atoms with Crippen molar-refractivity contribution in [1.82, 2.24) is 0 Å². The van der Waals surface area contributed by atoms with Gasteiger partial charge in [-0.25, -0.2) is 0 Å². The second-order valence-corrected chi connectivity index (χ2v) is 19.7. The Morgan fingerprint density at radius 3 is 1.67 bits per heavy atom. The van der Waals surface area contributed by atoms with Gasteiger partial charge in [-0.3, -0.25) is 0 Å². The summed E-state index contributed by atoms with van der Waals surface area (Å²) < 4.78 is 32.3. The standard InChI is InChI=1S/C18H36F2O2Si2/c1-17(2,3)23(7,8)15(21)13-11-12-14(16(19)20)22-24(9,10)18(4,5)6/h11-13H2,1-10H3. The number of allylic oxidation sites excluding steroid dienone is 1. The van der Waals surface area contributed by atoms with Crippen LogP contribution in [0, 0.1) is 0 Å². The van der Waals surface area contributed by atoms with Crippen LogP contribution in [0.1, 0.15) is 60.8 Å². The Bertz CT molecular complexity index is 480. The Labute approximate surface area is 149 Å². The minimum Gasteiger partial charge on any atom is -0.543 e. The zero-order chi connectivity index (χ0) is 19.6. The molecular weight excluding hydrogens is 342 g/mol. The van der Waals surface area contributed by atoms with Crippen molar-refractivity contribution in [1.29, 1.82) is 0 Å². The van der Waals surface area contributed by atoms with Gasteiger partial charge in [-0.1, -0.05) is 54.6 Å². The fraction of sp³-hybridized carbons (Fsp3) is 0.833. The smallest absolute Gasteiger partial charge is 0.306 e. The molecule has 6 heteroatoms. The average molecular weight is 379 g/mol. The molecule has 0 rings (SSSR count). The second kappa shape index (κ2) is 7.81. The van der Waals surface area contributed by atoms with E-state index in [9.17, 15) is 13.6 Å². The molecule has 0 aliphatic rings. The van der Waals surface area contributed by atoms with E-state index in [0.29, 0.717) is 12.8 Å². The summed E-state index contributed by atoms with van der Waals surface area (Å²) >= 11 is 0. The van der Waals surface area contributed by atoms with Gasteiger partial charge >= 0.3 is 6.08 Å². The molecule has 2 nitrogen and oxygen atoms in total. The average Bonchev–Trinajstić information content (AvgIpc) is 2.34. The molecule has 0 aromatic rings. The maximum atomic E-state index is 13.3. The molecule has 24 heavy (non-hydrogen) atoms. The normalized spacial score (nSPS) is 13.7. The molecule has 0 aromatic carbocycles. The number of carbonyl (C=O) groups excluding carboxylic acids is 1. The number of halogens is 2. The molecule has 0 saturated carbocycles. The van der Waals surface area contributed by atoms with Crippen LogP contribution in [0.3, 0.4) is 0 Å². The first-order valence-electron chi connectivity index (χ1n) is 8.70. The van der Waals surface area contributed by atoms with Crippen molar-refractivity contribution >= 4 is 21.8 Å². The van der Waals surface area contributed by atoms with E-state index in [-0.39, 0.29) is 27.7 Å². The molecule has 0 aliphatic carbocycles. The molecule has 0 N–H and O–H groups in total. The highest BCUT2D eigenvalue weighted by Gasteiger charge is 2.42. The van der Waals surface area contributed by atoms with Gasteiger partial charge in [0.25, 0.3) is 0 Å². The van der Waals surface area contributed by atoms with E-state index in [2.05, 4.69) is 33.9 Å². The van der Waals surface area contributed by atoms with Crippen molar-refractivity contribution in [2.45, 2.75) is 97.1 Å². The van der Waals surface area contributed by atoms with Gasteiger partial charge in [0.05, 0.1) is 0 Å². The molecule has 0 aromatic heterocycles. The van der Waals surface area contributed by atoms with Gasteiger partial charge in [0.15, 0.2) is 0 Å². The van der Waals surface area contributed by atoms with E-state index in [4.69, 9.17) is 4.43 Å². The van der Waals surface area contributed by atoms with Gasteiger partial charge in [0.2, 0.25) is 8.32 Å². The molecule has 0 spiro atoms. The van der Waals surface area contributed by atoms with Gasteiger partial charge in [0.1, 0.15) is 19.2 Å². The SMILES string of the molecule is CC(C)(C)[Si](C)(C)OC(CCCC(=O)[Si](C)(C)C(C)(C)C)=C(F)F. The Morgan fingerprint density at radius 1 is 0.875 bits per heavy atom. The summed E-state index contributed by atoms with van der Waals surface area (Å²) in [5, 5.41) is 0.0945. The highest BCUT2D eigenvalue weighted by molar-refractivity contribution is 7.06. The summed E-state index contributed by atoms with van der Waals surface area (Å²) in [5.74, 6) is -0.218. The third-order valence-corrected chi connectivity index (χ3v) is 15.5. The van der Waals surface area contributed by atoms with Crippen molar-refractivity contribution in [2.75, 3.05) is 0 Å². The molecule has 0 heterocycles. The van der Waals surface area contributed by atoms with Crippen LogP contribution in [-0.2, 0) is 9.22 Å². The van der Waals surface area contributed by atoms with Crippen molar-refractivity contribution in [3.8, 4) is 0 Å². The zero-order valence-corrected chi connectivity index (χ0v) is 19.2.